The molecule has 15 heavy (non-hydrogen) atoms. The number of thiazole rings is 1. The molecule has 2 aromatic heterocycles. The Balaban J connectivity index is 2.28. The predicted octanol–water partition coefficient (Wildman–Crippen LogP) is 0.378. The summed E-state index contributed by atoms with van der Waals surface area (Å²) in [7, 11) is -3.70. The number of nitrogens with one attached hydrogen (secondary N) is 1. The minimum absolute atomic E-state index is 0.106. The molecule has 0 saturated heterocycles. The number of hydrogen-bond donors (Lipinski definition) is 2. The fraction of sp³-hybridized carbons (Fsp3) is 0. The van der Waals surface area contributed by atoms with Crippen LogP contribution in [0.5, 0.6) is 0 Å². The maximum atomic E-state index is 11.6. The molecule has 0 radical (unpaired) electrons. The van der Waals surface area contributed by atoms with Crippen molar-refractivity contribution in [3.63, 3.8) is 0 Å². The van der Waals surface area contributed by atoms with Gasteiger partial charge in [0.25, 0.3) is 14.4 Å². The van der Waals surface area contributed by atoms with Crippen molar-refractivity contribution in [2.45, 2.75) is 4.34 Å². The third-order valence-corrected chi connectivity index (χ3v) is 4.58. The highest BCUT2D eigenvalue weighted by atomic mass is 32.2. The molecule has 3 N–H and O–H groups in total. The van der Waals surface area contributed by atoms with Gasteiger partial charge in [0.2, 0.25) is 5.13 Å². The normalized spacial score (nSPS) is 11.5. The van der Waals surface area contributed by atoms with Crippen LogP contribution in [0.2, 0.25) is 0 Å². The largest absolute Gasteiger partial charge is 0.374 e. The molecule has 0 bridgehead atoms. The van der Waals surface area contributed by atoms with Gasteiger partial charge in [-0.25, -0.2) is 4.98 Å². The molecule has 0 saturated carbocycles. The van der Waals surface area contributed by atoms with Crippen LogP contribution in [-0.4, -0.2) is 23.6 Å². The first-order valence-electron chi connectivity index (χ1n) is 3.59. The van der Waals surface area contributed by atoms with E-state index in [9.17, 15) is 8.42 Å². The first-order valence-corrected chi connectivity index (χ1v) is 6.77. The molecule has 80 valence electrons. The lowest BCUT2D eigenvalue weighted by atomic mass is 11.0. The van der Waals surface area contributed by atoms with Crippen molar-refractivity contribution in [1.82, 2.24) is 15.2 Å². The van der Waals surface area contributed by atoms with E-state index in [1.54, 1.807) is 5.38 Å². The summed E-state index contributed by atoms with van der Waals surface area (Å²) in [5.74, 6) is 0. The second kappa shape index (κ2) is 3.72. The Morgan fingerprint density at radius 3 is 2.73 bits per heavy atom. The van der Waals surface area contributed by atoms with Gasteiger partial charge in [-0.05, 0) is 0 Å². The maximum absolute atomic E-state index is 11.6. The molecule has 0 aliphatic rings. The summed E-state index contributed by atoms with van der Waals surface area (Å²) in [5.41, 5.74) is 5.29. The van der Waals surface area contributed by atoms with Crippen molar-refractivity contribution in [2.75, 3.05) is 10.5 Å². The number of nitrogens with two attached hydrogens (primary N) is 1. The van der Waals surface area contributed by atoms with Crippen molar-refractivity contribution >= 4 is 43.0 Å². The molecule has 0 atom stereocenters. The number of rotatable bonds is 3. The van der Waals surface area contributed by atoms with E-state index in [-0.39, 0.29) is 14.6 Å². The van der Waals surface area contributed by atoms with E-state index >= 15 is 0 Å². The lowest BCUT2D eigenvalue weighted by Crippen LogP contribution is -2.12. The Bertz CT molecular complexity index is 545. The molecule has 0 aliphatic carbocycles. The zero-order valence-electron chi connectivity index (χ0n) is 7.11. The van der Waals surface area contributed by atoms with Crippen molar-refractivity contribution in [2.24, 2.45) is 0 Å². The molecule has 2 rings (SSSR count). The first-order chi connectivity index (χ1) is 7.08. The van der Waals surface area contributed by atoms with E-state index in [1.165, 1.54) is 17.5 Å². The second-order valence-corrected chi connectivity index (χ2v) is 6.11. The quantitative estimate of drug-likeness (QED) is 0.828. The highest BCUT2D eigenvalue weighted by Crippen LogP contribution is 2.21. The van der Waals surface area contributed by atoms with Gasteiger partial charge in [-0.3, -0.25) is 4.72 Å². The Morgan fingerprint density at radius 1 is 1.40 bits per heavy atom. The number of nitrogens with zero attached hydrogens (tertiary/aromatic N) is 3. The van der Waals surface area contributed by atoms with Crippen LogP contribution in [0, 0.1) is 0 Å². The summed E-state index contributed by atoms with van der Waals surface area (Å²) < 4.78 is 25.3. The zero-order valence-corrected chi connectivity index (χ0v) is 9.56. The van der Waals surface area contributed by atoms with Gasteiger partial charge in [0.05, 0.1) is 0 Å². The van der Waals surface area contributed by atoms with Crippen LogP contribution in [0.25, 0.3) is 0 Å². The van der Waals surface area contributed by atoms with Gasteiger partial charge in [-0.2, -0.15) is 8.42 Å². The molecule has 2 aromatic rings. The molecule has 0 aliphatic heterocycles. The van der Waals surface area contributed by atoms with Gasteiger partial charge in [-0.1, -0.05) is 11.3 Å². The van der Waals surface area contributed by atoms with Crippen molar-refractivity contribution in [3.8, 4) is 0 Å². The number of anilines is 2. The lowest BCUT2D eigenvalue weighted by Gasteiger charge is -1.98. The Kier molecular flexibility index (Phi) is 2.54. The number of hydrogen-bond acceptors (Lipinski definition) is 8. The average molecular weight is 263 g/mol. The van der Waals surface area contributed by atoms with Gasteiger partial charge in [-0.15, -0.1) is 21.5 Å². The third kappa shape index (κ3) is 2.22. The number of nitrogen functional groups attached to an aromatic ring is 1. The minimum atomic E-state index is -3.70. The van der Waals surface area contributed by atoms with Crippen LogP contribution >= 0.6 is 22.7 Å². The van der Waals surface area contributed by atoms with Gasteiger partial charge in [0, 0.05) is 11.6 Å². The topological polar surface area (TPSA) is 111 Å². The van der Waals surface area contributed by atoms with Crippen LogP contribution in [0.3, 0.4) is 0 Å². The van der Waals surface area contributed by atoms with Crippen molar-refractivity contribution < 1.29 is 8.42 Å². The van der Waals surface area contributed by atoms with Crippen LogP contribution in [-0.2, 0) is 10.0 Å². The van der Waals surface area contributed by atoms with Crippen molar-refractivity contribution in [1.29, 1.82) is 0 Å². The lowest BCUT2D eigenvalue weighted by molar-refractivity contribution is 0.599. The molecule has 0 aromatic carbocycles. The average Bonchev–Trinajstić information content (AvgIpc) is 2.75. The molecular weight excluding hydrogens is 258 g/mol. The van der Waals surface area contributed by atoms with E-state index in [0.29, 0.717) is 0 Å². The predicted molar refractivity (Wildman–Crippen MR) is 57.2 cm³/mol. The zero-order chi connectivity index (χ0) is 10.9. The Labute approximate surface area is 93.0 Å². The molecule has 2 heterocycles. The minimum Gasteiger partial charge on any atom is -0.374 e. The standard InChI is InChI=1S/C5H5N5O2S3/c6-3-8-9-5(14-3)15(11,12)10-4-7-1-2-13-4/h1-2H,(H2,6,8)(H,7,10). The number of sulfonamides is 1. The van der Waals surface area contributed by atoms with Gasteiger partial charge in [0.1, 0.15) is 0 Å². The molecule has 0 spiro atoms. The van der Waals surface area contributed by atoms with Crippen LogP contribution < -0.4 is 10.5 Å². The molecule has 0 fully saturated rings. The Hall–Kier alpha value is -1.26. The van der Waals surface area contributed by atoms with Crippen LogP contribution in [0.15, 0.2) is 15.9 Å². The van der Waals surface area contributed by atoms with E-state index in [0.717, 1.165) is 11.3 Å². The molecule has 0 unspecified atom stereocenters. The van der Waals surface area contributed by atoms with E-state index in [4.69, 9.17) is 5.73 Å². The fourth-order valence-electron chi connectivity index (χ4n) is 0.761. The Morgan fingerprint density at radius 2 is 2.20 bits per heavy atom. The summed E-state index contributed by atoms with van der Waals surface area (Å²) in [4.78, 5) is 3.79. The van der Waals surface area contributed by atoms with Crippen molar-refractivity contribution in [3.05, 3.63) is 11.6 Å². The van der Waals surface area contributed by atoms with E-state index < -0.39 is 10.0 Å². The molecule has 10 heteroatoms. The highest BCUT2D eigenvalue weighted by molar-refractivity contribution is 7.94. The number of aromatic nitrogens is 3. The van der Waals surface area contributed by atoms with Crippen LogP contribution in [0.1, 0.15) is 0 Å². The SMILES string of the molecule is Nc1nnc(S(=O)(=O)Nc2nccs2)s1. The summed E-state index contributed by atoms with van der Waals surface area (Å²) >= 11 is 1.97. The van der Waals surface area contributed by atoms with Crippen LogP contribution in [0.4, 0.5) is 10.3 Å². The third-order valence-electron chi connectivity index (χ3n) is 1.31. The summed E-state index contributed by atoms with van der Waals surface area (Å²) in [6, 6.07) is 0. The summed E-state index contributed by atoms with van der Waals surface area (Å²) in [5, 5.41) is 8.91. The van der Waals surface area contributed by atoms with Gasteiger partial charge < -0.3 is 5.73 Å². The summed E-state index contributed by atoms with van der Waals surface area (Å²) in [6.45, 7) is 0. The van der Waals surface area contributed by atoms with Gasteiger partial charge >= 0.3 is 0 Å². The van der Waals surface area contributed by atoms with E-state index in [2.05, 4.69) is 19.9 Å². The molecule has 7 nitrogen and oxygen atoms in total. The van der Waals surface area contributed by atoms with Gasteiger partial charge in [0.15, 0.2) is 5.13 Å². The molecule has 0 amide bonds. The smallest absolute Gasteiger partial charge is 0.293 e. The molecular formula is C5H5N5O2S3. The summed E-state index contributed by atoms with van der Waals surface area (Å²) in [6.07, 6.45) is 1.50. The fourth-order valence-corrected chi connectivity index (χ4v) is 3.34. The maximum Gasteiger partial charge on any atom is 0.293 e. The first kappa shape index (κ1) is 10.3. The monoisotopic (exact) mass is 263 g/mol. The highest BCUT2D eigenvalue weighted by Gasteiger charge is 2.20. The van der Waals surface area contributed by atoms with E-state index in [1.807, 2.05) is 0 Å². The second-order valence-electron chi connectivity index (χ2n) is 2.35.